The molecule has 1 amide bonds. The number of carbonyl (C=O) groups excluding carboxylic acids is 1. The lowest BCUT2D eigenvalue weighted by molar-refractivity contribution is -0.463. The van der Waals surface area contributed by atoms with Crippen LogP contribution in [0.4, 0.5) is 65.9 Å². The van der Waals surface area contributed by atoms with Gasteiger partial charge >= 0.3 is 36.4 Å². The monoisotopic (exact) mass is 425 g/mol. The number of β-lactam (4-membered cyclic amide) rings is 1. The molecule has 17 heteroatoms. The third-order valence-electron chi connectivity index (χ3n) is 3.54. The van der Waals surface area contributed by atoms with E-state index in [-0.39, 0.29) is 0 Å². The summed E-state index contributed by atoms with van der Waals surface area (Å²) < 4.78 is 191. The van der Waals surface area contributed by atoms with Gasteiger partial charge in [-0.1, -0.05) is 0 Å². The molecule has 0 bridgehead atoms. The number of hydrogen-bond acceptors (Lipinski definition) is 1. The van der Waals surface area contributed by atoms with Gasteiger partial charge in [-0.25, -0.2) is 0 Å². The summed E-state index contributed by atoms with van der Waals surface area (Å²) in [5.41, 5.74) is -14.1. The van der Waals surface area contributed by atoms with E-state index in [2.05, 4.69) is 0 Å². The number of carbonyl (C=O) groups is 1. The van der Waals surface area contributed by atoms with Gasteiger partial charge in [0.05, 0.1) is 6.42 Å². The van der Waals surface area contributed by atoms with E-state index in [1.165, 1.54) is 0 Å². The summed E-state index contributed by atoms with van der Waals surface area (Å²) >= 11 is 0. The van der Waals surface area contributed by atoms with E-state index in [1.54, 1.807) is 0 Å². The first-order chi connectivity index (χ1) is 11.0. The molecule has 1 rings (SSSR count). The number of nitrogens with zero attached hydrogens (tertiary/aromatic N) is 1. The average Bonchev–Trinajstić information content (AvgIpc) is 2.23. The maximum absolute atomic E-state index is 12.8. The molecule has 1 fully saturated rings. The SMILES string of the molecule is O=C1CC(C(F)(F)F)(C(F)(F)F)N1C(C(F)(F)F)(C(F)(F)F)C(F)(F)F. The first-order valence-corrected chi connectivity index (χ1v) is 5.67. The minimum Gasteiger partial charge on any atom is -0.290 e. The molecule has 0 aromatic heterocycles. The van der Waals surface area contributed by atoms with Crippen LogP contribution in [0.2, 0.25) is 0 Å². The van der Waals surface area contributed by atoms with Crippen LogP contribution in [0.15, 0.2) is 0 Å². The third kappa shape index (κ3) is 2.48. The molecule has 0 saturated carbocycles. The Labute approximate surface area is 131 Å². The molecule has 0 radical (unpaired) electrons. The predicted molar refractivity (Wildman–Crippen MR) is 47.2 cm³/mol. The van der Waals surface area contributed by atoms with Gasteiger partial charge in [0, 0.05) is 0 Å². The quantitative estimate of drug-likeness (QED) is 0.448. The highest BCUT2D eigenvalue weighted by molar-refractivity contribution is 5.87. The van der Waals surface area contributed by atoms with Crippen molar-refractivity contribution in [3.8, 4) is 0 Å². The zero-order valence-electron chi connectivity index (χ0n) is 11.2. The standard InChI is InChI=1S/C9H2F15NO/c10-5(11,12)3(6(13,14)15)1-2(26)25(3)4(7(16,17)18,8(19,20)21)9(22,23)24/h1H2. The van der Waals surface area contributed by atoms with Gasteiger partial charge in [0.1, 0.15) is 0 Å². The Bertz CT molecular complexity index is 522. The molecular formula is C9H2F15NO. The topological polar surface area (TPSA) is 20.3 Å². The van der Waals surface area contributed by atoms with Crippen molar-refractivity contribution in [3.05, 3.63) is 0 Å². The number of halogens is 15. The van der Waals surface area contributed by atoms with Crippen molar-refractivity contribution >= 4 is 5.91 Å². The maximum atomic E-state index is 12.8. The molecule has 0 aliphatic carbocycles. The maximum Gasteiger partial charge on any atom is 0.429 e. The molecule has 0 spiro atoms. The molecule has 26 heavy (non-hydrogen) atoms. The molecular weight excluding hydrogens is 423 g/mol. The summed E-state index contributed by atoms with van der Waals surface area (Å²) in [5.74, 6) is -3.29. The highest BCUT2D eigenvalue weighted by atomic mass is 19.4. The zero-order chi connectivity index (χ0) is 21.4. The van der Waals surface area contributed by atoms with Gasteiger partial charge in [0.2, 0.25) is 11.4 Å². The van der Waals surface area contributed by atoms with Gasteiger partial charge in [-0.05, 0) is 0 Å². The lowest BCUT2D eigenvalue weighted by Gasteiger charge is -2.60. The van der Waals surface area contributed by atoms with Crippen LogP contribution in [0.5, 0.6) is 0 Å². The molecule has 0 N–H and O–H groups in total. The van der Waals surface area contributed by atoms with E-state index in [1.807, 2.05) is 0 Å². The van der Waals surface area contributed by atoms with E-state index in [4.69, 9.17) is 0 Å². The van der Waals surface area contributed by atoms with Crippen LogP contribution in [-0.2, 0) is 4.79 Å². The van der Waals surface area contributed by atoms with Crippen LogP contribution in [-0.4, -0.2) is 52.8 Å². The minimum atomic E-state index is -7.82. The summed E-state index contributed by atoms with van der Waals surface area (Å²) in [6, 6.07) is 0. The van der Waals surface area contributed by atoms with E-state index in [0.29, 0.717) is 0 Å². The van der Waals surface area contributed by atoms with Gasteiger partial charge < -0.3 is 0 Å². The smallest absolute Gasteiger partial charge is 0.290 e. The Hall–Kier alpha value is -1.58. The van der Waals surface area contributed by atoms with Gasteiger partial charge in [-0.3, -0.25) is 9.69 Å². The fourth-order valence-corrected chi connectivity index (χ4v) is 2.45. The minimum absolute atomic E-state index is 3.11. The molecule has 0 atom stereocenters. The van der Waals surface area contributed by atoms with Crippen molar-refractivity contribution in [2.24, 2.45) is 0 Å². The molecule has 2 nitrogen and oxygen atoms in total. The molecule has 1 aliphatic heterocycles. The third-order valence-corrected chi connectivity index (χ3v) is 3.54. The van der Waals surface area contributed by atoms with Gasteiger partial charge in [-0.15, -0.1) is 0 Å². The normalized spacial score (nSPS) is 20.3. The lowest BCUT2D eigenvalue weighted by atomic mass is 9.75. The molecule has 1 saturated heterocycles. The fraction of sp³-hybridized carbons (Fsp3) is 0.889. The molecule has 0 aromatic rings. The van der Waals surface area contributed by atoms with Gasteiger partial charge in [0.15, 0.2) is 0 Å². The Morgan fingerprint density at radius 2 is 0.885 bits per heavy atom. The zero-order valence-corrected chi connectivity index (χ0v) is 11.2. The number of likely N-dealkylation sites (tertiary alicyclic amines) is 1. The summed E-state index contributed by atoms with van der Waals surface area (Å²) in [6.45, 7) is 0. The second-order valence-corrected chi connectivity index (χ2v) is 4.97. The Balaban J connectivity index is 4.06. The van der Waals surface area contributed by atoms with E-state index in [9.17, 15) is 70.7 Å². The van der Waals surface area contributed by atoms with Crippen molar-refractivity contribution in [1.29, 1.82) is 0 Å². The Morgan fingerprint density at radius 1 is 0.615 bits per heavy atom. The largest absolute Gasteiger partial charge is 0.429 e. The van der Waals surface area contributed by atoms with Crippen LogP contribution in [0.1, 0.15) is 6.42 Å². The van der Waals surface area contributed by atoms with Crippen LogP contribution in [0, 0.1) is 0 Å². The molecule has 1 heterocycles. The molecule has 0 unspecified atom stereocenters. The average molecular weight is 425 g/mol. The lowest BCUT2D eigenvalue weighted by Crippen LogP contribution is -2.90. The predicted octanol–water partition coefficient (Wildman–Crippen LogP) is 4.51. The van der Waals surface area contributed by atoms with Crippen LogP contribution < -0.4 is 0 Å². The summed E-state index contributed by atoms with van der Waals surface area (Å²) in [7, 11) is 0. The van der Waals surface area contributed by atoms with Crippen molar-refractivity contribution in [2.75, 3.05) is 0 Å². The second-order valence-electron chi connectivity index (χ2n) is 4.97. The first kappa shape index (κ1) is 22.5. The van der Waals surface area contributed by atoms with Crippen LogP contribution in [0.3, 0.4) is 0 Å². The Morgan fingerprint density at radius 3 is 1.04 bits per heavy atom. The summed E-state index contributed by atoms with van der Waals surface area (Å²) in [6.07, 6.45) is -40.8. The van der Waals surface area contributed by atoms with Crippen molar-refractivity contribution in [1.82, 2.24) is 4.90 Å². The van der Waals surface area contributed by atoms with E-state index in [0.717, 1.165) is 0 Å². The van der Waals surface area contributed by atoms with Crippen molar-refractivity contribution in [2.45, 2.75) is 48.4 Å². The Kier molecular flexibility index (Phi) is 4.52. The summed E-state index contributed by atoms with van der Waals surface area (Å²) in [4.78, 5) is 7.70. The van der Waals surface area contributed by atoms with Gasteiger partial charge in [-0.2, -0.15) is 65.9 Å². The van der Waals surface area contributed by atoms with Crippen LogP contribution >= 0.6 is 0 Å². The van der Waals surface area contributed by atoms with Crippen LogP contribution in [0.25, 0.3) is 0 Å². The van der Waals surface area contributed by atoms with Gasteiger partial charge in [0.25, 0.3) is 0 Å². The van der Waals surface area contributed by atoms with Crippen molar-refractivity contribution in [3.63, 3.8) is 0 Å². The van der Waals surface area contributed by atoms with E-state index < -0.39 is 59.2 Å². The van der Waals surface area contributed by atoms with Crippen molar-refractivity contribution < 1.29 is 70.7 Å². The highest BCUT2D eigenvalue weighted by Crippen LogP contribution is 2.66. The highest BCUT2D eigenvalue weighted by Gasteiger charge is 2.96. The second kappa shape index (κ2) is 5.24. The molecule has 0 aromatic carbocycles. The fourth-order valence-electron chi connectivity index (χ4n) is 2.45. The number of hydrogen-bond donors (Lipinski definition) is 0. The number of rotatable bonds is 1. The number of alkyl halides is 15. The first-order valence-electron chi connectivity index (χ1n) is 5.67. The summed E-state index contributed by atoms with van der Waals surface area (Å²) in [5, 5.41) is 0. The van der Waals surface area contributed by atoms with E-state index >= 15 is 0 Å². The number of amides is 1. The molecule has 154 valence electrons. The molecule has 1 aliphatic rings.